The lowest BCUT2D eigenvalue weighted by Crippen LogP contribution is -2.30. The first-order chi connectivity index (χ1) is 40.0. The van der Waals surface area contributed by atoms with E-state index in [1.165, 1.54) is 51.4 Å². The van der Waals surface area contributed by atoms with E-state index in [0.29, 0.717) is 19.3 Å². The third kappa shape index (κ3) is 65.5. The SMILES string of the molecule is CC/C=C\C/C=C\C/C=C\C/C=C\C/C=C\C/C=C\C/C=C\C/C=C\CCCCCCC(=O)OCC(COC(=O)CCCCCCC/C=C\CCCCCCCC)OC(=O)CCCCC/C=C\C/C=C\C/C=C\C/C=C\C/C=C\CC. The molecule has 6 heteroatoms. The third-order valence-electron chi connectivity index (χ3n) is 13.2. The second-order valence-corrected chi connectivity index (χ2v) is 20.9. The largest absolute Gasteiger partial charge is 0.462 e. The summed E-state index contributed by atoms with van der Waals surface area (Å²) >= 11 is 0. The minimum absolute atomic E-state index is 0.111. The highest BCUT2D eigenvalue weighted by Crippen LogP contribution is 2.13. The van der Waals surface area contributed by atoms with Crippen molar-refractivity contribution < 1.29 is 28.6 Å². The van der Waals surface area contributed by atoms with Gasteiger partial charge in [-0.05, 0) is 154 Å². The van der Waals surface area contributed by atoms with Crippen LogP contribution < -0.4 is 0 Å². The first-order valence-electron chi connectivity index (χ1n) is 32.6. The minimum atomic E-state index is -0.820. The Hall–Kier alpha value is -5.23. The highest BCUT2D eigenvalue weighted by atomic mass is 16.6. The molecular weight excluding hydrogens is 997 g/mol. The van der Waals surface area contributed by atoms with Gasteiger partial charge in [-0.3, -0.25) is 14.4 Å². The number of carbonyl (C=O) groups excluding carboxylic acids is 3. The number of carbonyl (C=O) groups is 3. The Labute approximate surface area is 498 Å². The minimum Gasteiger partial charge on any atom is -0.462 e. The quantitative estimate of drug-likeness (QED) is 0.0261. The molecule has 1 atom stereocenters. The maximum absolute atomic E-state index is 12.9. The lowest BCUT2D eigenvalue weighted by molar-refractivity contribution is -0.167. The molecule has 0 aliphatic heterocycles. The Morgan fingerprint density at radius 2 is 0.481 bits per heavy atom. The van der Waals surface area contributed by atoms with E-state index in [2.05, 4.69) is 191 Å². The van der Waals surface area contributed by atoms with E-state index >= 15 is 0 Å². The van der Waals surface area contributed by atoms with Gasteiger partial charge in [0.25, 0.3) is 0 Å². The van der Waals surface area contributed by atoms with Gasteiger partial charge in [0.2, 0.25) is 0 Å². The van der Waals surface area contributed by atoms with E-state index in [-0.39, 0.29) is 37.5 Å². The molecule has 0 saturated carbocycles. The molecule has 454 valence electrons. The maximum Gasteiger partial charge on any atom is 0.306 e. The van der Waals surface area contributed by atoms with Gasteiger partial charge in [-0.1, -0.05) is 262 Å². The molecule has 0 radical (unpaired) electrons. The predicted molar refractivity (Wildman–Crippen MR) is 352 cm³/mol. The fourth-order valence-electron chi connectivity index (χ4n) is 8.36. The molecule has 0 aromatic rings. The number of esters is 3. The fraction of sp³-hybridized carbons (Fsp3) is 0.587. The van der Waals surface area contributed by atoms with E-state index in [4.69, 9.17) is 14.2 Å². The Morgan fingerprint density at radius 1 is 0.259 bits per heavy atom. The lowest BCUT2D eigenvalue weighted by atomic mass is 10.1. The van der Waals surface area contributed by atoms with Crippen LogP contribution in [0.15, 0.2) is 170 Å². The zero-order chi connectivity index (χ0) is 58.5. The molecule has 0 spiro atoms. The number of hydrogen-bond acceptors (Lipinski definition) is 6. The molecule has 0 aromatic carbocycles. The summed E-state index contributed by atoms with van der Waals surface area (Å²) in [4.78, 5) is 38.3. The van der Waals surface area contributed by atoms with Crippen LogP contribution in [0.1, 0.15) is 265 Å². The molecule has 81 heavy (non-hydrogen) atoms. The van der Waals surface area contributed by atoms with Gasteiger partial charge in [-0.2, -0.15) is 0 Å². The summed E-state index contributed by atoms with van der Waals surface area (Å²) in [5.41, 5.74) is 0. The average Bonchev–Trinajstić information content (AvgIpc) is 3.47. The number of ether oxygens (including phenoxy) is 3. The standard InChI is InChI=1S/C75H118O6/c1-4-7-10-13-16-19-22-25-28-30-32-33-34-35-36-37-38-39-40-41-43-44-47-50-53-56-59-62-65-68-74(77)80-71-72(70-79-73(76)67-64-61-58-55-52-49-46-27-24-21-18-15-12-9-6-3)81-75(78)69-66-63-60-57-54-51-48-45-42-31-29-26-23-20-17-14-11-8-5-2/h7-8,10-11,16-17,19-20,25-29,32-33,35-36,38-39,41-43,45-47,50-51,54,72H,4-6,9,12-15,18,21-24,30-31,34,37,40,44,48-49,52-53,55-71H2,1-3H3/b10-7-,11-8-,19-16-,20-17-,28-25-,29-26-,33-32-,36-35-,39-38-,43-41-,45-42-,46-27-,50-47-,54-51-. The summed E-state index contributed by atoms with van der Waals surface area (Å²) in [5, 5.41) is 0. The van der Waals surface area contributed by atoms with Crippen molar-refractivity contribution in [1.82, 2.24) is 0 Å². The molecule has 0 aliphatic carbocycles. The predicted octanol–water partition coefficient (Wildman–Crippen LogP) is 22.7. The Balaban J connectivity index is 4.49. The summed E-state index contributed by atoms with van der Waals surface area (Å²) in [6.45, 7) is 6.35. The van der Waals surface area contributed by atoms with E-state index in [0.717, 1.165) is 167 Å². The normalized spacial score (nSPS) is 13.3. The van der Waals surface area contributed by atoms with E-state index in [9.17, 15) is 14.4 Å². The number of rotatable bonds is 57. The Bertz CT molecular complexity index is 1860. The molecular formula is C75H118O6. The van der Waals surface area contributed by atoms with E-state index < -0.39 is 6.10 Å². The van der Waals surface area contributed by atoms with Gasteiger partial charge in [0.1, 0.15) is 13.2 Å². The van der Waals surface area contributed by atoms with Crippen LogP contribution in [0.3, 0.4) is 0 Å². The third-order valence-corrected chi connectivity index (χ3v) is 13.2. The monoisotopic (exact) mass is 1110 g/mol. The summed E-state index contributed by atoms with van der Waals surface area (Å²) in [7, 11) is 0. The fourth-order valence-corrected chi connectivity index (χ4v) is 8.36. The molecule has 0 N–H and O–H groups in total. The molecule has 0 aliphatic rings. The molecule has 0 aromatic heterocycles. The van der Waals surface area contributed by atoms with Crippen LogP contribution in [0, 0.1) is 0 Å². The average molecular weight is 1120 g/mol. The number of unbranched alkanes of at least 4 members (excludes halogenated alkanes) is 18. The first kappa shape index (κ1) is 75.8. The molecule has 0 fully saturated rings. The van der Waals surface area contributed by atoms with Gasteiger partial charge in [0.05, 0.1) is 0 Å². The first-order valence-corrected chi connectivity index (χ1v) is 32.6. The lowest BCUT2D eigenvalue weighted by Gasteiger charge is -2.18. The summed E-state index contributed by atoms with van der Waals surface area (Å²) in [6.07, 6.45) is 99.3. The molecule has 0 heterocycles. The van der Waals surface area contributed by atoms with Gasteiger partial charge in [0, 0.05) is 19.3 Å². The van der Waals surface area contributed by atoms with Crippen molar-refractivity contribution in [1.29, 1.82) is 0 Å². The topological polar surface area (TPSA) is 78.9 Å². The zero-order valence-corrected chi connectivity index (χ0v) is 52.0. The summed E-state index contributed by atoms with van der Waals surface area (Å²) < 4.78 is 16.9. The second kappa shape index (κ2) is 67.3. The highest BCUT2D eigenvalue weighted by Gasteiger charge is 2.19. The van der Waals surface area contributed by atoms with Gasteiger partial charge >= 0.3 is 17.9 Å². The van der Waals surface area contributed by atoms with E-state index in [1.54, 1.807) is 0 Å². The van der Waals surface area contributed by atoms with Crippen LogP contribution in [0.4, 0.5) is 0 Å². The van der Waals surface area contributed by atoms with Crippen molar-refractivity contribution in [3.05, 3.63) is 170 Å². The van der Waals surface area contributed by atoms with Crippen molar-refractivity contribution >= 4 is 17.9 Å². The Kier molecular flexibility index (Phi) is 62.9. The van der Waals surface area contributed by atoms with Crippen LogP contribution >= 0.6 is 0 Å². The summed E-state index contributed by atoms with van der Waals surface area (Å²) in [6, 6.07) is 0. The second-order valence-electron chi connectivity index (χ2n) is 20.9. The zero-order valence-electron chi connectivity index (χ0n) is 52.0. The highest BCUT2D eigenvalue weighted by molar-refractivity contribution is 5.71. The van der Waals surface area contributed by atoms with Crippen molar-refractivity contribution in [2.75, 3.05) is 13.2 Å². The number of allylic oxidation sites excluding steroid dienone is 28. The molecule has 0 bridgehead atoms. The van der Waals surface area contributed by atoms with Crippen LogP contribution in [-0.4, -0.2) is 37.2 Å². The Morgan fingerprint density at radius 3 is 0.778 bits per heavy atom. The van der Waals surface area contributed by atoms with Gasteiger partial charge in [0.15, 0.2) is 6.10 Å². The van der Waals surface area contributed by atoms with Crippen LogP contribution in [0.25, 0.3) is 0 Å². The van der Waals surface area contributed by atoms with Crippen molar-refractivity contribution in [2.45, 2.75) is 271 Å². The van der Waals surface area contributed by atoms with Crippen LogP contribution in [0.2, 0.25) is 0 Å². The van der Waals surface area contributed by atoms with Crippen molar-refractivity contribution in [3.63, 3.8) is 0 Å². The van der Waals surface area contributed by atoms with E-state index in [1.807, 2.05) is 0 Å². The van der Waals surface area contributed by atoms with Crippen LogP contribution in [-0.2, 0) is 28.6 Å². The van der Waals surface area contributed by atoms with Crippen molar-refractivity contribution in [3.8, 4) is 0 Å². The number of hydrogen-bond donors (Lipinski definition) is 0. The maximum atomic E-state index is 12.9. The van der Waals surface area contributed by atoms with Crippen LogP contribution in [0.5, 0.6) is 0 Å². The van der Waals surface area contributed by atoms with Gasteiger partial charge in [-0.15, -0.1) is 0 Å². The molecule has 0 amide bonds. The van der Waals surface area contributed by atoms with Gasteiger partial charge in [-0.25, -0.2) is 0 Å². The molecule has 0 rings (SSSR count). The molecule has 6 nitrogen and oxygen atoms in total. The smallest absolute Gasteiger partial charge is 0.306 e. The van der Waals surface area contributed by atoms with Gasteiger partial charge < -0.3 is 14.2 Å². The molecule has 1 unspecified atom stereocenters. The molecule has 0 saturated heterocycles. The summed E-state index contributed by atoms with van der Waals surface area (Å²) in [5.74, 6) is -0.982. The van der Waals surface area contributed by atoms with Crippen molar-refractivity contribution in [2.24, 2.45) is 0 Å².